The van der Waals surface area contributed by atoms with Gasteiger partial charge >= 0.3 is 18.4 Å². The van der Waals surface area contributed by atoms with E-state index in [0.717, 1.165) is 32.1 Å². The summed E-state index contributed by atoms with van der Waals surface area (Å²) < 4.78 is 85.6. The van der Waals surface area contributed by atoms with Crippen LogP contribution in [-0.2, 0) is 23.6 Å². The number of hydrogen-bond donors (Lipinski definition) is 1. The molecule has 36 heavy (non-hydrogen) atoms. The van der Waals surface area contributed by atoms with Crippen LogP contribution in [0.25, 0.3) is 0 Å². The Morgan fingerprint density at radius 3 is 2.25 bits per heavy atom. The smallest absolute Gasteiger partial charge is 0.416 e. The van der Waals surface area contributed by atoms with Gasteiger partial charge in [-0.15, -0.1) is 0 Å². The Hall–Kier alpha value is -2.57. The number of cyclic esters (lactones) is 1. The summed E-state index contributed by atoms with van der Waals surface area (Å²) in [6.07, 6.45) is -5.50. The van der Waals surface area contributed by atoms with Gasteiger partial charge in [0.2, 0.25) is 0 Å². The molecular formula is C23H23BrF6N4O2. The van der Waals surface area contributed by atoms with Crippen molar-refractivity contribution < 1.29 is 35.9 Å². The molecule has 0 radical (unpaired) electrons. The Bertz CT molecular complexity index is 1090. The maximum absolute atomic E-state index is 13.3. The Morgan fingerprint density at radius 1 is 1.06 bits per heavy atom. The van der Waals surface area contributed by atoms with Crippen LogP contribution in [-0.4, -0.2) is 33.0 Å². The zero-order chi connectivity index (χ0) is 26.3. The van der Waals surface area contributed by atoms with Crippen molar-refractivity contribution in [2.75, 3.05) is 5.32 Å². The van der Waals surface area contributed by atoms with E-state index < -0.39 is 41.7 Å². The van der Waals surface area contributed by atoms with Crippen molar-refractivity contribution in [2.45, 2.75) is 76.1 Å². The van der Waals surface area contributed by atoms with Crippen molar-refractivity contribution in [1.82, 2.24) is 14.9 Å². The van der Waals surface area contributed by atoms with Crippen LogP contribution >= 0.6 is 15.9 Å². The number of anilines is 1. The summed E-state index contributed by atoms with van der Waals surface area (Å²) in [6.45, 7) is 1.41. The van der Waals surface area contributed by atoms with E-state index >= 15 is 0 Å². The third-order valence-corrected chi connectivity index (χ3v) is 6.79. The molecule has 196 valence electrons. The minimum atomic E-state index is -5.01. The number of carbonyl (C=O) groups excluding carboxylic acids is 1. The van der Waals surface area contributed by atoms with E-state index in [1.54, 1.807) is 0 Å². The van der Waals surface area contributed by atoms with Gasteiger partial charge in [0, 0.05) is 6.04 Å². The molecular weight excluding hydrogens is 558 g/mol. The summed E-state index contributed by atoms with van der Waals surface area (Å²) in [5.74, 6) is 0.465. The van der Waals surface area contributed by atoms with Gasteiger partial charge in [-0.2, -0.15) is 26.3 Å². The van der Waals surface area contributed by atoms with Crippen LogP contribution in [0.5, 0.6) is 0 Å². The molecule has 1 aliphatic carbocycles. The third-order valence-electron chi connectivity index (χ3n) is 6.41. The van der Waals surface area contributed by atoms with Crippen LogP contribution in [0, 0.1) is 0 Å². The average Bonchev–Trinajstić information content (AvgIpc) is 3.08. The van der Waals surface area contributed by atoms with Gasteiger partial charge in [-0.3, -0.25) is 4.90 Å². The minimum Gasteiger partial charge on any atom is -0.439 e. The van der Waals surface area contributed by atoms with Gasteiger partial charge in [-0.05, 0) is 59.5 Å². The standard InChI is InChI=1S/C23H23BrF6N4O2/c1-12-19(13-7-14(22(25,26)27)9-15(8-13)23(28,29)30)36-21(35)34(12)11-17-20(31-10-18(24)33-17)32-16-5-3-2-4-6-16/h7-10,12,16,19H,2-6,11H2,1H3,(H,31,32). The van der Waals surface area contributed by atoms with Crippen LogP contribution in [0.2, 0.25) is 0 Å². The summed E-state index contributed by atoms with van der Waals surface area (Å²) in [7, 11) is 0. The number of alkyl halides is 6. The summed E-state index contributed by atoms with van der Waals surface area (Å²) >= 11 is 3.25. The van der Waals surface area contributed by atoms with Crippen LogP contribution in [0.4, 0.5) is 37.0 Å². The molecule has 1 aromatic heterocycles. The predicted molar refractivity (Wildman–Crippen MR) is 121 cm³/mol. The van der Waals surface area contributed by atoms with Gasteiger partial charge < -0.3 is 10.1 Å². The molecule has 2 unspecified atom stereocenters. The Labute approximate surface area is 211 Å². The maximum atomic E-state index is 13.3. The molecule has 1 saturated heterocycles. The molecule has 0 bridgehead atoms. The van der Waals surface area contributed by atoms with Crippen molar-refractivity contribution in [2.24, 2.45) is 0 Å². The highest BCUT2D eigenvalue weighted by Gasteiger charge is 2.43. The van der Waals surface area contributed by atoms with Crippen molar-refractivity contribution in [3.8, 4) is 0 Å². The number of halogens is 7. The summed E-state index contributed by atoms with van der Waals surface area (Å²) in [5, 5.41) is 3.35. The van der Waals surface area contributed by atoms with Gasteiger partial charge in [0.05, 0.1) is 29.9 Å². The molecule has 1 saturated carbocycles. The van der Waals surface area contributed by atoms with Crippen LogP contribution in [0.3, 0.4) is 0 Å². The number of aromatic nitrogens is 2. The fourth-order valence-electron chi connectivity index (χ4n) is 4.54. The Kier molecular flexibility index (Phi) is 7.40. The largest absolute Gasteiger partial charge is 0.439 e. The van der Waals surface area contributed by atoms with Crippen molar-refractivity contribution in [3.63, 3.8) is 0 Å². The number of rotatable bonds is 5. The summed E-state index contributed by atoms with van der Waals surface area (Å²) in [6, 6.07) is 0.535. The number of hydrogen-bond acceptors (Lipinski definition) is 5. The highest BCUT2D eigenvalue weighted by atomic mass is 79.9. The van der Waals surface area contributed by atoms with E-state index in [0.29, 0.717) is 28.2 Å². The Morgan fingerprint density at radius 2 is 1.67 bits per heavy atom. The van der Waals surface area contributed by atoms with Crippen LogP contribution in [0.15, 0.2) is 29.0 Å². The second-order valence-electron chi connectivity index (χ2n) is 8.98. The first-order valence-corrected chi connectivity index (χ1v) is 12.2. The molecule has 0 spiro atoms. The molecule has 1 N–H and O–H groups in total. The second-order valence-corrected chi connectivity index (χ2v) is 9.79. The Balaban J connectivity index is 1.61. The number of nitrogens with one attached hydrogen (secondary N) is 1. The number of benzene rings is 1. The predicted octanol–water partition coefficient (Wildman–Crippen LogP) is 7.10. The fraction of sp³-hybridized carbons (Fsp3) is 0.522. The van der Waals surface area contributed by atoms with Crippen LogP contribution < -0.4 is 5.32 Å². The van der Waals surface area contributed by atoms with Gasteiger partial charge in [0.15, 0.2) is 0 Å². The van der Waals surface area contributed by atoms with E-state index in [9.17, 15) is 31.1 Å². The molecule has 1 aromatic carbocycles. The molecule has 2 heterocycles. The second kappa shape index (κ2) is 10.1. The first-order chi connectivity index (χ1) is 16.8. The molecule has 4 rings (SSSR count). The highest BCUT2D eigenvalue weighted by Crippen LogP contribution is 2.41. The SMILES string of the molecule is CC1C(c2cc(C(F)(F)F)cc(C(F)(F)F)c2)OC(=O)N1Cc1nc(Br)cnc1NC1CCCCC1. The van der Waals surface area contributed by atoms with Crippen molar-refractivity contribution >= 4 is 27.8 Å². The summed E-state index contributed by atoms with van der Waals surface area (Å²) in [4.78, 5) is 22.7. The lowest BCUT2D eigenvalue weighted by Crippen LogP contribution is -2.33. The number of ether oxygens (including phenoxy) is 1. The summed E-state index contributed by atoms with van der Waals surface area (Å²) in [5.41, 5.74) is -2.92. The molecule has 6 nitrogen and oxygen atoms in total. The fourth-order valence-corrected chi connectivity index (χ4v) is 4.85. The zero-order valence-corrected chi connectivity index (χ0v) is 20.7. The highest BCUT2D eigenvalue weighted by molar-refractivity contribution is 9.10. The molecule has 1 aliphatic heterocycles. The van der Waals surface area contributed by atoms with Gasteiger partial charge in [0.25, 0.3) is 0 Å². The number of carbonyl (C=O) groups is 1. The first kappa shape index (κ1) is 26.5. The molecule has 2 aromatic rings. The first-order valence-electron chi connectivity index (χ1n) is 11.4. The van der Waals surface area contributed by atoms with E-state index in [2.05, 4.69) is 31.2 Å². The van der Waals surface area contributed by atoms with E-state index in [1.807, 2.05) is 0 Å². The zero-order valence-electron chi connectivity index (χ0n) is 19.1. The van der Waals surface area contributed by atoms with Gasteiger partial charge in [-0.1, -0.05) is 19.3 Å². The molecule has 2 aliphatic rings. The lowest BCUT2D eigenvalue weighted by atomic mass is 9.95. The van der Waals surface area contributed by atoms with Gasteiger partial charge in [-0.25, -0.2) is 14.8 Å². The van der Waals surface area contributed by atoms with Crippen molar-refractivity contribution in [3.05, 3.63) is 51.4 Å². The lowest BCUT2D eigenvalue weighted by Gasteiger charge is -2.26. The molecule has 13 heteroatoms. The lowest BCUT2D eigenvalue weighted by molar-refractivity contribution is -0.143. The number of amides is 1. The van der Waals surface area contributed by atoms with Crippen molar-refractivity contribution in [1.29, 1.82) is 0 Å². The van der Waals surface area contributed by atoms with E-state index in [-0.39, 0.29) is 24.2 Å². The number of nitrogens with zero attached hydrogens (tertiary/aromatic N) is 3. The quantitative estimate of drug-likeness (QED) is 0.382. The van der Waals surface area contributed by atoms with E-state index in [4.69, 9.17) is 4.74 Å². The van der Waals surface area contributed by atoms with E-state index in [1.165, 1.54) is 18.0 Å². The topological polar surface area (TPSA) is 67.3 Å². The average molecular weight is 581 g/mol. The van der Waals surface area contributed by atoms with Gasteiger partial charge in [0.1, 0.15) is 22.2 Å². The molecule has 1 amide bonds. The van der Waals surface area contributed by atoms with Crippen LogP contribution in [0.1, 0.15) is 67.5 Å². The minimum absolute atomic E-state index is 0.0446. The molecule has 2 atom stereocenters. The normalized spacial score (nSPS) is 21.6. The molecule has 2 fully saturated rings. The monoisotopic (exact) mass is 580 g/mol. The third kappa shape index (κ3) is 5.87. The maximum Gasteiger partial charge on any atom is 0.416 e.